The van der Waals surface area contributed by atoms with Crippen molar-refractivity contribution in [2.45, 2.75) is 6.92 Å². The first kappa shape index (κ1) is 18.2. The van der Waals surface area contributed by atoms with Crippen LogP contribution in [0.3, 0.4) is 0 Å². The Bertz CT molecular complexity index is 964. The third-order valence-corrected chi connectivity index (χ3v) is 4.93. The van der Waals surface area contributed by atoms with E-state index in [-0.39, 0.29) is 6.03 Å². The average Bonchev–Trinajstić information content (AvgIpc) is 3.16. The van der Waals surface area contributed by atoms with Gasteiger partial charge < -0.3 is 15.1 Å². The van der Waals surface area contributed by atoms with Crippen molar-refractivity contribution >= 4 is 29.1 Å². The van der Waals surface area contributed by atoms with Gasteiger partial charge in [0.1, 0.15) is 0 Å². The summed E-state index contributed by atoms with van der Waals surface area (Å²) in [7, 11) is 0. The number of aromatic nitrogens is 4. The maximum Gasteiger partial charge on any atom is 0.322 e. The van der Waals surface area contributed by atoms with Crippen molar-refractivity contribution in [3.05, 3.63) is 59.4 Å². The molecule has 1 aliphatic rings. The van der Waals surface area contributed by atoms with Crippen LogP contribution < -0.4 is 10.2 Å². The van der Waals surface area contributed by atoms with Gasteiger partial charge in [-0.3, -0.25) is 0 Å². The topological polar surface area (TPSA) is 79.2 Å². The number of aryl methyl sites for hydroxylation is 1. The van der Waals surface area contributed by atoms with E-state index in [1.165, 1.54) is 0 Å². The maximum absolute atomic E-state index is 12.5. The lowest BCUT2D eigenvalue weighted by Gasteiger charge is -2.35. The fraction of sp³-hybridized carbons (Fsp3) is 0.263. The van der Waals surface area contributed by atoms with Gasteiger partial charge in [0.2, 0.25) is 0 Å². The van der Waals surface area contributed by atoms with Crippen molar-refractivity contribution < 1.29 is 4.79 Å². The van der Waals surface area contributed by atoms with Crippen LogP contribution in [0.4, 0.5) is 16.3 Å². The summed E-state index contributed by atoms with van der Waals surface area (Å²) >= 11 is 6.11. The Hall–Kier alpha value is -3.13. The van der Waals surface area contributed by atoms with Gasteiger partial charge in [0.05, 0.1) is 16.4 Å². The zero-order valence-corrected chi connectivity index (χ0v) is 16.2. The van der Waals surface area contributed by atoms with Crippen molar-refractivity contribution in [1.82, 2.24) is 24.9 Å². The molecule has 0 saturated carbocycles. The van der Waals surface area contributed by atoms with Crippen molar-refractivity contribution in [2.24, 2.45) is 0 Å². The van der Waals surface area contributed by atoms with Crippen molar-refractivity contribution in [3.63, 3.8) is 0 Å². The predicted molar refractivity (Wildman–Crippen MR) is 108 cm³/mol. The quantitative estimate of drug-likeness (QED) is 0.735. The standard InChI is InChI=1S/C19H20ClN7O/c1-14-8-9-27(24-14)18-7-6-17(22-23-18)25-10-12-26(13-11-25)19(28)21-16-5-3-2-4-15(16)20/h2-9H,10-13H2,1H3,(H,21,28). The minimum Gasteiger partial charge on any atom is -0.352 e. The summed E-state index contributed by atoms with van der Waals surface area (Å²) < 4.78 is 1.70. The molecule has 1 N–H and O–H groups in total. The smallest absolute Gasteiger partial charge is 0.322 e. The van der Waals surface area contributed by atoms with E-state index in [0.717, 1.165) is 11.5 Å². The van der Waals surface area contributed by atoms with Crippen LogP contribution in [0.2, 0.25) is 5.02 Å². The normalized spacial score (nSPS) is 14.2. The van der Waals surface area contributed by atoms with E-state index in [0.29, 0.717) is 42.7 Å². The van der Waals surface area contributed by atoms with E-state index in [1.807, 2.05) is 43.5 Å². The zero-order valence-electron chi connectivity index (χ0n) is 15.4. The number of carbonyl (C=O) groups is 1. The molecule has 1 aromatic carbocycles. The van der Waals surface area contributed by atoms with E-state index in [2.05, 4.69) is 25.5 Å². The van der Waals surface area contributed by atoms with Gasteiger partial charge in [-0.25, -0.2) is 9.48 Å². The first-order chi connectivity index (χ1) is 13.6. The highest BCUT2D eigenvalue weighted by molar-refractivity contribution is 6.33. The van der Waals surface area contributed by atoms with Gasteiger partial charge in [0.15, 0.2) is 11.6 Å². The molecule has 144 valence electrons. The van der Waals surface area contributed by atoms with Crippen LogP contribution in [0.1, 0.15) is 5.69 Å². The Labute approximate surface area is 167 Å². The van der Waals surface area contributed by atoms with E-state index < -0.39 is 0 Å². The van der Waals surface area contributed by atoms with Crippen LogP contribution in [0.15, 0.2) is 48.7 Å². The second kappa shape index (κ2) is 7.85. The largest absolute Gasteiger partial charge is 0.352 e. The number of piperazine rings is 1. The molecule has 8 nitrogen and oxygen atoms in total. The molecule has 3 heterocycles. The molecule has 0 radical (unpaired) electrons. The van der Waals surface area contributed by atoms with Gasteiger partial charge in [0, 0.05) is 32.4 Å². The molecule has 1 saturated heterocycles. The summed E-state index contributed by atoms with van der Waals surface area (Å²) in [6.07, 6.45) is 1.86. The molecule has 3 aromatic rings. The lowest BCUT2D eigenvalue weighted by atomic mass is 10.3. The van der Waals surface area contributed by atoms with Crippen LogP contribution in [0.25, 0.3) is 5.82 Å². The summed E-state index contributed by atoms with van der Waals surface area (Å²) in [5.41, 5.74) is 1.55. The maximum atomic E-state index is 12.5. The summed E-state index contributed by atoms with van der Waals surface area (Å²) in [6, 6.07) is 12.8. The first-order valence-electron chi connectivity index (χ1n) is 9.02. The van der Waals surface area contributed by atoms with E-state index >= 15 is 0 Å². The molecular weight excluding hydrogens is 378 g/mol. The van der Waals surface area contributed by atoms with Gasteiger partial charge in [-0.1, -0.05) is 23.7 Å². The number of para-hydroxylation sites is 1. The molecular formula is C19H20ClN7O. The molecule has 1 aliphatic heterocycles. The fourth-order valence-electron chi connectivity index (χ4n) is 3.05. The molecule has 2 amide bonds. The van der Waals surface area contributed by atoms with Gasteiger partial charge >= 0.3 is 6.03 Å². The molecule has 4 rings (SSSR count). The average molecular weight is 398 g/mol. The molecule has 1 fully saturated rings. The van der Waals surface area contributed by atoms with Gasteiger partial charge in [-0.15, -0.1) is 10.2 Å². The predicted octanol–water partition coefficient (Wildman–Crippen LogP) is 2.98. The molecule has 0 bridgehead atoms. The van der Waals surface area contributed by atoms with Crippen LogP contribution >= 0.6 is 11.6 Å². The highest BCUT2D eigenvalue weighted by atomic mass is 35.5. The summed E-state index contributed by atoms with van der Waals surface area (Å²) in [4.78, 5) is 16.4. The zero-order chi connectivity index (χ0) is 19.5. The van der Waals surface area contributed by atoms with Gasteiger partial charge in [0.25, 0.3) is 0 Å². The van der Waals surface area contributed by atoms with E-state index in [4.69, 9.17) is 11.6 Å². The number of anilines is 2. The van der Waals surface area contributed by atoms with Crippen LogP contribution in [-0.2, 0) is 0 Å². The van der Waals surface area contributed by atoms with E-state index in [9.17, 15) is 4.79 Å². The van der Waals surface area contributed by atoms with Crippen LogP contribution in [-0.4, -0.2) is 57.1 Å². The molecule has 9 heteroatoms. The van der Waals surface area contributed by atoms with Gasteiger partial charge in [-0.2, -0.15) is 5.10 Å². The number of urea groups is 1. The number of hydrogen-bond donors (Lipinski definition) is 1. The summed E-state index contributed by atoms with van der Waals surface area (Å²) in [5, 5.41) is 16.3. The number of amides is 2. The second-order valence-electron chi connectivity index (χ2n) is 6.54. The third-order valence-electron chi connectivity index (χ3n) is 4.60. The highest BCUT2D eigenvalue weighted by Gasteiger charge is 2.22. The number of nitrogens with zero attached hydrogens (tertiary/aromatic N) is 6. The number of nitrogens with one attached hydrogen (secondary N) is 1. The van der Waals surface area contributed by atoms with Crippen molar-refractivity contribution in [2.75, 3.05) is 36.4 Å². The molecule has 0 atom stereocenters. The van der Waals surface area contributed by atoms with E-state index in [1.54, 1.807) is 21.7 Å². The fourth-order valence-corrected chi connectivity index (χ4v) is 3.23. The highest BCUT2D eigenvalue weighted by Crippen LogP contribution is 2.21. The summed E-state index contributed by atoms with van der Waals surface area (Å²) in [6.45, 7) is 4.49. The summed E-state index contributed by atoms with van der Waals surface area (Å²) in [5.74, 6) is 1.47. The van der Waals surface area contributed by atoms with Crippen LogP contribution in [0.5, 0.6) is 0 Å². The Morgan fingerprint density at radius 2 is 1.71 bits per heavy atom. The molecule has 0 aliphatic carbocycles. The Balaban J connectivity index is 1.35. The van der Waals surface area contributed by atoms with Crippen molar-refractivity contribution in [3.8, 4) is 5.82 Å². The van der Waals surface area contributed by atoms with Crippen LogP contribution in [0, 0.1) is 6.92 Å². The van der Waals surface area contributed by atoms with Gasteiger partial charge in [-0.05, 0) is 37.3 Å². The Morgan fingerprint density at radius 3 is 2.36 bits per heavy atom. The third kappa shape index (κ3) is 3.91. The monoisotopic (exact) mass is 397 g/mol. The molecule has 28 heavy (non-hydrogen) atoms. The lowest BCUT2D eigenvalue weighted by Crippen LogP contribution is -2.50. The minimum absolute atomic E-state index is 0.150. The number of halogens is 1. The molecule has 0 spiro atoms. The number of benzene rings is 1. The Kier molecular flexibility index (Phi) is 5.12. The molecule has 2 aromatic heterocycles. The lowest BCUT2D eigenvalue weighted by molar-refractivity contribution is 0.208. The second-order valence-corrected chi connectivity index (χ2v) is 6.94. The first-order valence-corrected chi connectivity index (χ1v) is 9.40. The SMILES string of the molecule is Cc1ccn(-c2ccc(N3CCN(C(=O)Nc4ccccc4Cl)CC3)nn2)n1. The number of carbonyl (C=O) groups excluding carboxylic acids is 1. The van der Waals surface area contributed by atoms with Crippen molar-refractivity contribution in [1.29, 1.82) is 0 Å². The number of hydrogen-bond acceptors (Lipinski definition) is 5. The minimum atomic E-state index is -0.150. The number of rotatable bonds is 3. The Morgan fingerprint density at radius 1 is 1.00 bits per heavy atom. The molecule has 0 unspecified atom stereocenters.